The summed E-state index contributed by atoms with van der Waals surface area (Å²) in [5.41, 5.74) is 3.75. The second-order valence-electron chi connectivity index (χ2n) is 4.44. The van der Waals surface area contributed by atoms with Gasteiger partial charge in [-0.05, 0) is 60.9 Å². The number of anilines is 1. The van der Waals surface area contributed by atoms with E-state index >= 15 is 0 Å². The largest absolute Gasteiger partial charge is 0.385 e. The first-order valence-corrected chi connectivity index (χ1v) is 6.18. The van der Waals surface area contributed by atoms with Gasteiger partial charge in [0, 0.05) is 12.2 Å². The standard InChI is InChI=1S/C16H15FN2/c1-12-10-15(17)5-4-14(12)8-9-19-16-6-2-13(11-18)3-7-16/h2-7,10,19H,8-9H2,1H3. The summed E-state index contributed by atoms with van der Waals surface area (Å²) < 4.78 is 13.0. The van der Waals surface area contributed by atoms with Crippen molar-refractivity contribution in [1.29, 1.82) is 5.26 Å². The van der Waals surface area contributed by atoms with E-state index in [1.54, 1.807) is 18.2 Å². The molecule has 0 fully saturated rings. The van der Waals surface area contributed by atoms with Crippen molar-refractivity contribution in [3.05, 3.63) is 65.0 Å². The Morgan fingerprint density at radius 1 is 1.16 bits per heavy atom. The summed E-state index contributed by atoms with van der Waals surface area (Å²) in [4.78, 5) is 0. The molecule has 0 atom stereocenters. The van der Waals surface area contributed by atoms with E-state index in [0.29, 0.717) is 5.56 Å². The average Bonchev–Trinajstić information content (AvgIpc) is 2.42. The van der Waals surface area contributed by atoms with E-state index in [9.17, 15) is 4.39 Å². The maximum absolute atomic E-state index is 13.0. The molecule has 0 aliphatic heterocycles. The van der Waals surface area contributed by atoms with Crippen molar-refractivity contribution in [3.8, 4) is 6.07 Å². The summed E-state index contributed by atoms with van der Waals surface area (Å²) in [6.07, 6.45) is 0.839. The predicted molar refractivity (Wildman–Crippen MR) is 74.5 cm³/mol. The number of nitrogens with zero attached hydrogens (tertiary/aromatic N) is 1. The van der Waals surface area contributed by atoms with Crippen LogP contribution >= 0.6 is 0 Å². The lowest BCUT2D eigenvalue weighted by molar-refractivity contribution is 0.625. The van der Waals surface area contributed by atoms with E-state index < -0.39 is 0 Å². The fourth-order valence-corrected chi connectivity index (χ4v) is 1.94. The van der Waals surface area contributed by atoms with Crippen LogP contribution in [0.2, 0.25) is 0 Å². The van der Waals surface area contributed by atoms with Gasteiger partial charge < -0.3 is 5.32 Å². The summed E-state index contributed by atoms with van der Waals surface area (Å²) >= 11 is 0. The molecule has 19 heavy (non-hydrogen) atoms. The second kappa shape index (κ2) is 6.01. The molecule has 2 nitrogen and oxygen atoms in total. The van der Waals surface area contributed by atoms with E-state index in [1.165, 1.54) is 6.07 Å². The molecule has 0 heterocycles. The van der Waals surface area contributed by atoms with Gasteiger partial charge in [0.15, 0.2) is 0 Å². The molecule has 96 valence electrons. The van der Waals surface area contributed by atoms with Crippen LogP contribution in [0.25, 0.3) is 0 Å². The Balaban J connectivity index is 1.91. The van der Waals surface area contributed by atoms with Crippen LogP contribution in [-0.2, 0) is 6.42 Å². The minimum Gasteiger partial charge on any atom is -0.385 e. The summed E-state index contributed by atoms with van der Waals surface area (Å²) in [6, 6.07) is 14.3. The molecular formula is C16H15FN2. The smallest absolute Gasteiger partial charge is 0.123 e. The highest BCUT2D eigenvalue weighted by Gasteiger charge is 2.00. The lowest BCUT2D eigenvalue weighted by Crippen LogP contribution is -2.05. The number of hydrogen-bond donors (Lipinski definition) is 1. The van der Waals surface area contributed by atoms with Crippen LogP contribution in [0.3, 0.4) is 0 Å². The number of aryl methyl sites for hydroxylation is 1. The highest BCUT2D eigenvalue weighted by Crippen LogP contribution is 2.12. The molecule has 0 amide bonds. The first-order chi connectivity index (χ1) is 9.19. The van der Waals surface area contributed by atoms with Crippen LogP contribution in [0.5, 0.6) is 0 Å². The van der Waals surface area contributed by atoms with E-state index in [2.05, 4.69) is 11.4 Å². The Kier molecular flexibility index (Phi) is 4.15. The quantitative estimate of drug-likeness (QED) is 0.903. The zero-order chi connectivity index (χ0) is 13.7. The van der Waals surface area contributed by atoms with Crippen LogP contribution < -0.4 is 5.32 Å². The van der Waals surface area contributed by atoms with Gasteiger partial charge in [0.2, 0.25) is 0 Å². The average molecular weight is 254 g/mol. The van der Waals surface area contributed by atoms with Crippen molar-refractivity contribution in [2.45, 2.75) is 13.3 Å². The van der Waals surface area contributed by atoms with E-state index in [4.69, 9.17) is 5.26 Å². The Bertz CT molecular complexity index is 597. The van der Waals surface area contributed by atoms with Crippen molar-refractivity contribution in [1.82, 2.24) is 0 Å². The summed E-state index contributed by atoms with van der Waals surface area (Å²) in [6.45, 7) is 2.69. The molecule has 0 saturated carbocycles. The molecule has 2 aromatic carbocycles. The molecule has 0 aromatic heterocycles. The number of nitrogens with one attached hydrogen (secondary N) is 1. The van der Waals surface area contributed by atoms with Crippen LogP contribution in [0.4, 0.5) is 10.1 Å². The molecule has 2 rings (SSSR count). The molecule has 0 aliphatic rings. The number of benzene rings is 2. The number of nitriles is 1. The zero-order valence-corrected chi connectivity index (χ0v) is 10.8. The highest BCUT2D eigenvalue weighted by atomic mass is 19.1. The third-order valence-electron chi connectivity index (χ3n) is 3.04. The van der Waals surface area contributed by atoms with E-state index in [1.807, 2.05) is 25.1 Å². The lowest BCUT2D eigenvalue weighted by atomic mass is 10.1. The molecule has 0 radical (unpaired) electrons. The number of hydrogen-bond acceptors (Lipinski definition) is 2. The molecule has 0 spiro atoms. The van der Waals surface area contributed by atoms with Crippen molar-refractivity contribution in [2.75, 3.05) is 11.9 Å². The number of halogens is 1. The monoisotopic (exact) mass is 254 g/mol. The van der Waals surface area contributed by atoms with Crippen LogP contribution in [-0.4, -0.2) is 6.54 Å². The van der Waals surface area contributed by atoms with Crippen LogP contribution in [0.1, 0.15) is 16.7 Å². The minimum absolute atomic E-state index is 0.193. The molecule has 3 heteroatoms. The van der Waals surface area contributed by atoms with Gasteiger partial charge in [0.25, 0.3) is 0 Å². The SMILES string of the molecule is Cc1cc(F)ccc1CCNc1ccc(C#N)cc1. The summed E-state index contributed by atoms with van der Waals surface area (Å²) in [5.74, 6) is -0.193. The molecule has 2 aromatic rings. The molecular weight excluding hydrogens is 239 g/mol. The third kappa shape index (κ3) is 3.56. The molecule has 0 unspecified atom stereocenters. The summed E-state index contributed by atoms with van der Waals surface area (Å²) in [7, 11) is 0. The Morgan fingerprint density at radius 3 is 2.53 bits per heavy atom. The van der Waals surface area contributed by atoms with Crippen molar-refractivity contribution in [3.63, 3.8) is 0 Å². The molecule has 1 N–H and O–H groups in total. The van der Waals surface area contributed by atoms with Crippen molar-refractivity contribution < 1.29 is 4.39 Å². The predicted octanol–water partition coefficient (Wildman–Crippen LogP) is 3.66. The maximum Gasteiger partial charge on any atom is 0.123 e. The van der Waals surface area contributed by atoms with Crippen molar-refractivity contribution >= 4 is 5.69 Å². The zero-order valence-electron chi connectivity index (χ0n) is 10.8. The second-order valence-corrected chi connectivity index (χ2v) is 4.44. The first kappa shape index (κ1) is 13.1. The molecule has 0 saturated heterocycles. The third-order valence-corrected chi connectivity index (χ3v) is 3.04. The van der Waals surface area contributed by atoms with Crippen molar-refractivity contribution in [2.24, 2.45) is 0 Å². The Morgan fingerprint density at radius 2 is 1.89 bits per heavy atom. The van der Waals surface area contributed by atoms with Gasteiger partial charge in [-0.1, -0.05) is 6.07 Å². The van der Waals surface area contributed by atoms with E-state index in [0.717, 1.165) is 29.8 Å². The summed E-state index contributed by atoms with van der Waals surface area (Å²) in [5, 5.41) is 12.0. The van der Waals surface area contributed by atoms with E-state index in [-0.39, 0.29) is 5.82 Å². The fraction of sp³-hybridized carbons (Fsp3) is 0.188. The minimum atomic E-state index is -0.193. The lowest BCUT2D eigenvalue weighted by Gasteiger charge is -2.08. The highest BCUT2D eigenvalue weighted by molar-refractivity contribution is 5.47. The van der Waals surface area contributed by atoms with Gasteiger partial charge in [-0.15, -0.1) is 0 Å². The van der Waals surface area contributed by atoms with Gasteiger partial charge in [0.05, 0.1) is 11.6 Å². The maximum atomic E-state index is 13.0. The topological polar surface area (TPSA) is 35.8 Å². The van der Waals surface area contributed by atoms with Crippen LogP contribution in [0, 0.1) is 24.1 Å². The molecule has 0 aliphatic carbocycles. The Labute approximate surface area is 112 Å². The van der Waals surface area contributed by atoms with Gasteiger partial charge in [0.1, 0.15) is 5.82 Å². The normalized spacial score (nSPS) is 9.95. The van der Waals surface area contributed by atoms with Gasteiger partial charge in [-0.3, -0.25) is 0 Å². The van der Waals surface area contributed by atoms with Gasteiger partial charge >= 0.3 is 0 Å². The number of rotatable bonds is 4. The van der Waals surface area contributed by atoms with Crippen LogP contribution in [0.15, 0.2) is 42.5 Å². The first-order valence-electron chi connectivity index (χ1n) is 6.18. The van der Waals surface area contributed by atoms with Gasteiger partial charge in [-0.2, -0.15) is 5.26 Å². The fourth-order valence-electron chi connectivity index (χ4n) is 1.94. The van der Waals surface area contributed by atoms with Gasteiger partial charge in [-0.25, -0.2) is 4.39 Å². The Hall–Kier alpha value is -2.34. The molecule has 0 bridgehead atoms.